The van der Waals surface area contributed by atoms with Gasteiger partial charge in [-0.1, -0.05) is 18.2 Å². The number of hydrogen-bond acceptors (Lipinski definition) is 4. The Morgan fingerprint density at radius 2 is 1.79 bits per heavy atom. The van der Waals surface area contributed by atoms with E-state index in [2.05, 4.69) is 5.32 Å². The summed E-state index contributed by atoms with van der Waals surface area (Å²) in [6, 6.07) is 13.3. The van der Waals surface area contributed by atoms with Gasteiger partial charge in [-0.3, -0.25) is 13.9 Å². The lowest BCUT2D eigenvalue weighted by Crippen LogP contribution is -2.30. The molecule has 0 saturated heterocycles. The zero-order chi connectivity index (χ0) is 23.4. The van der Waals surface area contributed by atoms with E-state index in [0.717, 1.165) is 35.2 Å². The van der Waals surface area contributed by atoms with Crippen LogP contribution < -0.4 is 20.5 Å². The smallest absolute Gasteiger partial charge is 0.329 e. The van der Waals surface area contributed by atoms with Gasteiger partial charge in [0.25, 0.3) is 0 Å². The summed E-state index contributed by atoms with van der Waals surface area (Å²) in [5.41, 5.74) is 2.61. The van der Waals surface area contributed by atoms with Gasteiger partial charge in [0.1, 0.15) is 0 Å². The van der Waals surface area contributed by atoms with Gasteiger partial charge in [0.05, 0.1) is 30.3 Å². The van der Waals surface area contributed by atoms with Crippen molar-refractivity contribution >= 4 is 16.9 Å². The second-order valence-electron chi connectivity index (χ2n) is 8.64. The number of carbonyl (C=O) groups is 1. The average Bonchev–Trinajstić information content (AvgIpc) is 3.43. The fraction of sp³-hybridized carbons (Fsp3) is 0.462. The van der Waals surface area contributed by atoms with Gasteiger partial charge in [-0.2, -0.15) is 0 Å². The Labute approximate surface area is 194 Å². The van der Waals surface area contributed by atoms with Gasteiger partial charge < -0.3 is 14.8 Å². The summed E-state index contributed by atoms with van der Waals surface area (Å²) in [5.74, 6) is 1.32. The first-order chi connectivity index (χ1) is 16.0. The first kappa shape index (κ1) is 23.0. The van der Waals surface area contributed by atoms with E-state index < -0.39 is 0 Å². The normalized spacial score (nSPS) is 15.0. The zero-order valence-electron chi connectivity index (χ0n) is 19.7. The van der Waals surface area contributed by atoms with Crippen LogP contribution in [0.4, 0.5) is 0 Å². The van der Waals surface area contributed by atoms with Crippen molar-refractivity contribution in [3.63, 3.8) is 0 Å². The van der Waals surface area contributed by atoms with E-state index in [9.17, 15) is 9.59 Å². The van der Waals surface area contributed by atoms with Gasteiger partial charge in [-0.05, 0) is 69.4 Å². The van der Waals surface area contributed by atoms with Crippen molar-refractivity contribution in [2.24, 2.45) is 0 Å². The number of hydrogen-bond donors (Lipinski definition) is 1. The number of aromatic nitrogens is 2. The number of amides is 1. The number of fused-ring (bicyclic) bond motifs is 1. The first-order valence-electron chi connectivity index (χ1n) is 11.8. The second-order valence-corrected chi connectivity index (χ2v) is 8.64. The summed E-state index contributed by atoms with van der Waals surface area (Å²) >= 11 is 0. The molecule has 1 aliphatic carbocycles. The molecule has 0 bridgehead atoms. The minimum absolute atomic E-state index is 0.0814. The lowest BCUT2D eigenvalue weighted by Gasteiger charge is -2.19. The first-order valence-corrected chi connectivity index (χ1v) is 11.8. The van der Waals surface area contributed by atoms with E-state index >= 15 is 0 Å². The van der Waals surface area contributed by atoms with E-state index in [1.807, 2.05) is 56.3 Å². The average molecular weight is 452 g/mol. The molecule has 1 heterocycles. The molecule has 0 aliphatic heterocycles. The minimum Gasteiger partial charge on any atom is -0.493 e. The number of para-hydroxylation sites is 2. The van der Waals surface area contributed by atoms with Crippen molar-refractivity contribution in [1.29, 1.82) is 0 Å². The zero-order valence-corrected chi connectivity index (χ0v) is 19.7. The molecule has 1 unspecified atom stereocenters. The van der Waals surface area contributed by atoms with Crippen molar-refractivity contribution in [3.05, 3.63) is 58.5 Å². The third-order valence-corrected chi connectivity index (χ3v) is 6.46. The fourth-order valence-corrected chi connectivity index (χ4v) is 4.64. The SMILES string of the molecule is CCn1c(=O)n(CCC(=O)NC(C)c2ccc(OC3CCCC3)c(OC)c2)c2ccccc21. The number of ether oxygens (including phenoxy) is 2. The quantitative estimate of drug-likeness (QED) is 0.523. The molecule has 1 saturated carbocycles. The lowest BCUT2D eigenvalue weighted by molar-refractivity contribution is -0.121. The number of benzene rings is 2. The van der Waals surface area contributed by atoms with Crippen LogP contribution in [0.2, 0.25) is 0 Å². The highest BCUT2D eigenvalue weighted by molar-refractivity contribution is 5.78. The largest absolute Gasteiger partial charge is 0.493 e. The van der Waals surface area contributed by atoms with Crippen LogP contribution in [0.25, 0.3) is 11.0 Å². The predicted molar refractivity (Wildman–Crippen MR) is 129 cm³/mol. The van der Waals surface area contributed by atoms with Crippen LogP contribution in [0.1, 0.15) is 57.6 Å². The van der Waals surface area contributed by atoms with E-state index in [1.54, 1.807) is 16.2 Å². The molecule has 7 nitrogen and oxygen atoms in total. The predicted octanol–water partition coefficient (Wildman–Crippen LogP) is 4.42. The van der Waals surface area contributed by atoms with Crippen LogP contribution in [-0.4, -0.2) is 28.3 Å². The van der Waals surface area contributed by atoms with Crippen LogP contribution in [0.5, 0.6) is 11.5 Å². The van der Waals surface area contributed by atoms with Gasteiger partial charge in [-0.15, -0.1) is 0 Å². The summed E-state index contributed by atoms with van der Waals surface area (Å²) in [4.78, 5) is 25.5. The molecule has 2 aromatic carbocycles. The maximum atomic E-state index is 12.8. The highest BCUT2D eigenvalue weighted by Crippen LogP contribution is 2.33. The van der Waals surface area contributed by atoms with Crippen LogP contribution in [0.15, 0.2) is 47.3 Å². The molecule has 176 valence electrons. The summed E-state index contributed by atoms with van der Waals surface area (Å²) in [6.07, 6.45) is 5.05. The fourth-order valence-electron chi connectivity index (χ4n) is 4.64. The van der Waals surface area contributed by atoms with Crippen molar-refractivity contribution in [2.45, 2.75) is 71.2 Å². The van der Waals surface area contributed by atoms with E-state index in [-0.39, 0.29) is 30.2 Å². The third kappa shape index (κ3) is 4.92. The van der Waals surface area contributed by atoms with E-state index in [0.29, 0.717) is 18.8 Å². The number of rotatable bonds is 9. The van der Waals surface area contributed by atoms with E-state index in [4.69, 9.17) is 9.47 Å². The van der Waals surface area contributed by atoms with Crippen LogP contribution in [0.3, 0.4) is 0 Å². The molecule has 4 rings (SSSR count). The van der Waals surface area contributed by atoms with Crippen molar-refractivity contribution in [3.8, 4) is 11.5 Å². The Bertz CT molecular complexity index is 1170. The molecule has 1 aliphatic rings. The van der Waals surface area contributed by atoms with Crippen molar-refractivity contribution in [2.75, 3.05) is 7.11 Å². The summed E-state index contributed by atoms with van der Waals surface area (Å²) in [6.45, 7) is 4.82. The van der Waals surface area contributed by atoms with Gasteiger partial charge in [0.2, 0.25) is 5.91 Å². The molecular formula is C26H33N3O4. The molecular weight excluding hydrogens is 418 g/mol. The van der Waals surface area contributed by atoms with Crippen LogP contribution in [-0.2, 0) is 17.9 Å². The minimum atomic E-state index is -0.194. The Morgan fingerprint density at radius 3 is 2.45 bits per heavy atom. The molecule has 7 heteroatoms. The summed E-state index contributed by atoms with van der Waals surface area (Å²) in [7, 11) is 1.63. The monoisotopic (exact) mass is 451 g/mol. The van der Waals surface area contributed by atoms with Gasteiger partial charge in [-0.25, -0.2) is 4.79 Å². The molecule has 33 heavy (non-hydrogen) atoms. The maximum absolute atomic E-state index is 12.8. The lowest BCUT2D eigenvalue weighted by atomic mass is 10.1. The number of aryl methyl sites for hydroxylation is 2. The van der Waals surface area contributed by atoms with Crippen LogP contribution >= 0.6 is 0 Å². The highest BCUT2D eigenvalue weighted by atomic mass is 16.5. The molecule has 1 atom stereocenters. The Kier molecular flexibility index (Phi) is 7.06. The van der Waals surface area contributed by atoms with Crippen molar-refractivity contribution in [1.82, 2.24) is 14.5 Å². The summed E-state index contributed by atoms with van der Waals surface area (Å²) in [5, 5.41) is 3.04. The molecule has 0 spiro atoms. The van der Waals surface area contributed by atoms with Gasteiger partial charge in [0.15, 0.2) is 11.5 Å². The number of carbonyl (C=O) groups excluding carboxylic acids is 1. The van der Waals surface area contributed by atoms with Gasteiger partial charge in [0, 0.05) is 19.5 Å². The Balaban J connectivity index is 1.40. The topological polar surface area (TPSA) is 74.5 Å². The molecule has 3 aromatic rings. The number of imidazole rings is 1. The van der Waals surface area contributed by atoms with Crippen LogP contribution in [0, 0.1) is 0 Å². The standard InChI is InChI=1S/C26H33N3O4/c1-4-28-21-11-7-8-12-22(21)29(26(28)31)16-15-25(30)27-18(2)19-13-14-23(24(17-19)32-3)33-20-9-5-6-10-20/h7-8,11-14,17-18,20H,4-6,9-10,15-16H2,1-3H3,(H,27,30). The highest BCUT2D eigenvalue weighted by Gasteiger charge is 2.20. The van der Waals surface area contributed by atoms with Crippen molar-refractivity contribution < 1.29 is 14.3 Å². The Hall–Kier alpha value is -3.22. The molecule has 1 amide bonds. The molecule has 1 N–H and O–H groups in total. The summed E-state index contributed by atoms with van der Waals surface area (Å²) < 4.78 is 15.1. The number of nitrogens with zero attached hydrogens (tertiary/aromatic N) is 2. The van der Waals surface area contributed by atoms with E-state index in [1.165, 1.54) is 12.8 Å². The maximum Gasteiger partial charge on any atom is 0.329 e. The van der Waals surface area contributed by atoms with Gasteiger partial charge >= 0.3 is 5.69 Å². The Morgan fingerprint density at radius 1 is 1.09 bits per heavy atom. The number of nitrogens with one attached hydrogen (secondary N) is 1. The second kappa shape index (κ2) is 10.1. The molecule has 0 radical (unpaired) electrons. The molecule has 1 aromatic heterocycles. The molecule has 1 fully saturated rings. The third-order valence-electron chi connectivity index (χ3n) is 6.46. The number of methoxy groups -OCH3 is 1.